The second-order valence-corrected chi connectivity index (χ2v) is 13.5. The van der Waals surface area contributed by atoms with E-state index in [2.05, 4.69) is 10.3 Å². The molecule has 8 nitrogen and oxygen atoms in total. The molecular formula is C28H25Cl2N3O5S2. The normalized spacial score (nSPS) is 18.6. The van der Waals surface area contributed by atoms with Crippen LogP contribution in [0.4, 0.5) is 0 Å². The highest BCUT2D eigenvalue weighted by Gasteiger charge is 2.50. The maximum atomic E-state index is 13.5. The van der Waals surface area contributed by atoms with Gasteiger partial charge in [0.15, 0.2) is 0 Å². The molecule has 1 aliphatic heterocycles. The van der Waals surface area contributed by atoms with E-state index in [9.17, 15) is 23.1 Å². The van der Waals surface area contributed by atoms with Crippen LogP contribution in [0.25, 0.3) is 21.3 Å². The van der Waals surface area contributed by atoms with Crippen molar-refractivity contribution in [3.63, 3.8) is 0 Å². The van der Waals surface area contributed by atoms with E-state index in [1.807, 2.05) is 42.5 Å². The minimum atomic E-state index is -4.14. The number of amides is 1. The first-order valence-corrected chi connectivity index (χ1v) is 15.5. The Kier molecular flexibility index (Phi) is 7.91. The average Bonchev–Trinajstić information content (AvgIpc) is 3.56. The van der Waals surface area contributed by atoms with Crippen LogP contribution in [0.1, 0.15) is 25.3 Å². The number of thiazole rings is 1. The van der Waals surface area contributed by atoms with Crippen LogP contribution in [0, 0.1) is 0 Å². The van der Waals surface area contributed by atoms with Gasteiger partial charge in [-0.1, -0.05) is 59.6 Å². The molecule has 1 aliphatic rings. The van der Waals surface area contributed by atoms with Crippen LogP contribution in [0.15, 0.2) is 71.1 Å². The van der Waals surface area contributed by atoms with Crippen molar-refractivity contribution in [1.82, 2.24) is 14.6 Å². The molecule has 2 atom stereocenters. The summed E-state index contributed by atoms with van der Waals surface area (Å²) in [6.45, 7) is 1.60. The number of carboxylic acid groups (broad SMARTS) is 1. The fraction of sp³-hybridized carbons (Fsp3) is 0.250. The van der Waals surface area contributed by atoms with Crippen molar-refractivity contribution in [2.75, 3.05) is 6.54 Å². The fourth-order valence-electron chi connectivity index (χ4n) is 5.04. The Morgan fingerprint density at radius 2 is 1.82 bits per heavy atom. The molecule has 0 spiro atoms. The summed E-state index contributed by atoms with van der Waals surface area (Å²) in [5, 5.41) is 12.8. The number of fused-ring (bicyclic) bond motifs is 1. The zero-order valence-corrected chi connectivity index (χ0v) is 24.4. The van der Waals surface area contributed by atoms with Crippen molar-refractivity contribution in [3.05, 3.63) is 81.8 Å². The molecule has 0 radical (unpaired) electrons. The number of hydrogen-bond donors (Lipinski definition) is 2. The predicted molar refractivity (Wildman–Crippen MR) is 156 cm³/mol. The summed E-state index contributed by atoms with van der Waals surface area (Å²) in [6, 6.07) is 16.1. The molecule has 3 aromatic carbocycles. The van der Waals surface area contributed by atoms with Gasteiger partial charge in [0.25, 0.3) is 0 Å². The second-order valence-electron chi connectivity index (χ2n) is 9.83. The van der Waals surface area contributed by atoms with E-state index < -0.39 is 33.5 Å². The molecule has 1 aromatic heterocycles. The molecule has 40 heavy (non-hydrogen) atoms. The summed E-state index contributed by atoms with van der Waals surface area (Å²) in [5.41, 5.74) is 3.83. The summed E-state index contributed by atoms with van der Waals surface area (Å²) in [4.78, 5) is 30.0. The van der Waals surface area contributed by atoms with Gasteiger partial charge < -0.3 is 10.4 Å². The van der Waals surface area contributed by atoms with Crippen LogP contribution in [-0.2, 0) is 26.0 Å². The standard InChI is InChI=1S/C28H25Cl2N3O5S2/c1-28(10-3-11-33(28)40(37,38)21-14-19(29)13-20(30)15-21)27(36)32-23(26(34)35)12-17-6-8-18(9-7-17)22-4-2-5-24-25(22)31-16-39-24/h2,4-9,13-16,23H,3,10-12H2,1H3,(H,32,36)(H,34,35)/t23?,28-/m0/s1. The van der Waals surface area contributed by atoms with Gasteiger partial charge in [-0.05, 0) is 55.2 Å². The maximum absolute atomic E-state index is 13.5. The zero-order chi connectivity index (χ0) is 28.7. The highest BCUT2D eigenvalue weighted by atomic mass is 35.5. The lowest BCUT2D eigenvalue weighted by Gasteiger charge is -2.34. The number of carbonyl (C=O) groups excluding carboxylic acids is 1. The van der Waals surface area contributed by atoms with Crippen molar-refractivity contribution in [1.29, 1.82) is 0 Å². The van der Waals surface area contributed by atoms with Gasteiger partial charge in [-0.25, -0.2) is 18.2 Å². The third kappa shape index (κ3) is 5.46. The quantitative estimate of drug-likeness (QED) is 0.265. The van der Waals surface area contributed by atoms with Gasteiger partial charge in [-0.3, -0.25) is 4.79 Å². The van der Waals surface area contributed by atoms with Gasteiger partial charge in [-0.2, -0.15) is 4.31 Å². The highest BCUT2D eigenvalue weighted by molar-refractivity contribution is 7.89. The third-order valence-electron chi connectivity index (χ3n) is 7.16. The van der Waals surface area contributed by atoms with Crippen molar-refractivity contribution in [3.8, 4) is 11.1 Å². The molecule has 12 heteroatoms. The predicted octanol–water partition coefficient (Wildman–Crippen LogP) is 5.63. The monoisotopic (exact) mass is 617 g/mol. The van der Waals surface area contributed by atoms with Gasteiger partial charge >= 0.3 is 5.97 Å². The molecular weight excluding hydrogens is 593 g/mol. The second kappa shape index (κ2) is 11.1. The van der Waals surface area contributed by atoms with Crippen molar-refractivity contribution < 1.29 is 23.1 Å². The van der Waals surface area contributed by atoms with Crippen LogP contribution in [-0.4, -0.2) is 52.8 Å². The molecule has 1 saturated heterocycles. The lowest BCUT2D eigenvalue weighted by molar-refractivity contribution is -0.143. The van der Waals surface area contributed by atoms with Gasteiger partial charge in [0.1, 0.15) is 11.6 Å². The number of carbonyl (C=O) groups is 2. The average molecular weight is 619 g/mol. The Bertz CT molecular complexity index is 1690. The summed E-state index contributed by atoms with van der Waals surface area (Å²) in [7, 11) is -4.14. The van der Waals surface area contributed by atoms with Gasteiger partial charge in [0.2, 0.25) is 15.9 Å². The van der Waals surface area contributed by atoms with Crippen LogP contribution in [0.2, 0.25) is 10.0 Å². The van der Waals surface area contributed by atoms with Gasteiger partial charge in [0, 0.05) is 28.6 Å². The third-order valence-corrected chi connectivity index (χ3v) is 10.4. The van der Waals surface area contributed by atoms with Crippen LogP contribution >= 0.6 is 34.5 Å². The molecule has 0 bridgehead atoms. The SMILES string of the molecule is C[C@@]1(C(=O)NC(Cc2ccc(-c3cccc4scnc34)cc2)C(=O)O)CCCN1S(=O)(=O)c1cc(Cl)cc(Cl)c1. The number of sulfonamides is 1. The Morgan fingerprint density at radius 3 is 2.50 bits per heavy atom. The van der Waals surface area contributed by atoms with E-state index >= 15 is 0 Å². The highest BCUT2D eigenvalue weighted by Crippen LogP contribution is 2.36. The van der Waals surface area contributed by atoms with Gasteiger partial charge in [-0.15, -0.1) is 11.3 Å². The summed E-state index contributed by atoms with van der Waals surface area (Å²) < 4.78 is 29.2. The maximum Gasteiger partial charge on any atom is 0.326 e. The van der Waals surface area contributed by atoms with E-state index in [1.54, 1.807) is 16.8 Å². The summed E-state index contributed by atoms with van der Waals surface area (Å²) in [6.07, 6.45) is 0.687. The van der Waals surface area contributed by atoms with Crippen LogP contribution < -0.4 is 5.32 Å². The number of para-hydroxylation sites is 1. The Labute approximate surface area is 245 Å². The van der Waals surface area contributed by atoms with Crippen molar-refractivity contribution in [2.24, 2.45) is 0 Å². The van der Waals surface area contributed by atoms with Crippen LogP contribution in [0.5, 0.6) is 0 Å². The first kappa shape index (κ1) is 28.5. The number of carboxylic acids is 1. The van der Waals surface area contributed by atoms with E-state index in [0.717, 1.165) is 25.6 Å². The minimum Gasteiger partial charge on any atom is -0.480 e. The molecule has 2 N–H and O–H groups in total. The Hall–Kier alpha value is -3.02. The topological polar surface area (TPSA) is 117 Å². The first-order valence-electron chi connectivity index (χ1n) is 12.4. The number of aliphatic carboxylic acids is 1. The molecule has 1 amide bonds. The molecule has 2 heterocycles. The van der Waals surface area contributed by atoms with Gasteiger partial charge in [0.05, 0.1) is 20.6 Å². The molecule has 4 aromatic rings. The molecule has 0 saturated carbocycles. The zero-order valence-electron chi connectivity index (χ0n) is 21.3. The summed E-state index contributed by atoms with van der Waals surface area (Å²) in [5.74, 6) is -1.90. The van der Waals surface area contributed by atoms with E-state index in [4.69, 9.17) is 23.2 Å². The molecule has 208 valence electrons. The van der Waals surface area contributed by atoms with Crippen molar-refractivity contribution in [2.45, 2.75) is 42.7 Å². The number of rotatable bonds is 8. The van der Waals surface area contributed by atoms with E-state index in [-0.39, 0.29) is 34.3 Å². The van der Waals surface area contributed by atoms with Crippen molar-refractivity contribution >= 4 is 66.7 Å². The smallest absolute Gasteiger partial charge is 0.326 e. The number of benzene rings is 3. The molecule has 1 fully saturated rings. The number of nitrogens with zero attached hydrogens (tertiary/aromatic N) is 2. The lowest BCUT2D eigenvalue weighted by Crippen LogP contribution is -2.58. The minimum absolute atomic E-state index is 0.0228. The molecule has 5 rings (SSSR count). The number of aromatic nitrogens is 1. The number of hydrogen-bond acceptors (Lipinski definition) is 6. The number of nitrogens with one attached hydrogen (secondary N) is 1. The fourth-order valence-corrected chi connectivity index (χ4v) is 8.28. The number of halogens is 2. The molecule has 0 aliphatic carbocycles. The van der Waals surface area contributed by atoms with Crippen LogP contribution in [0.3, 0.4) is 0 Å². The Balaban J connectivity index is 1.34. The lowest BCUT2D eigenvalue weighted by atomic mass is 9.97. The first-order chi connectivity index (χ1) is 19.0. The molecule has 1 unspecified atom stereocenters. The Morgan fingerprint density at radius 1 is 1.12 bits per heavy atom. The largest absolute Gasteiger partial charge is 0.480 e. The van der Waals surface area contributed by atoms with E-state index in [0.29, 0.717) is 12.0 Å². The summed E-state index contributed by atoms with van der Waals surface area (Å²) >= 11 is 13.6. The van der Waals surface area contributed by atoms with E-state index in [1.165, 1.54) is 25.1 Å².